The molecule has 0 amide bonds. The van der Waals surface area contributed by atoms with E-state index in [1.54, 1.807) is 0 Å². The average molecular weight is 343 g/mol. The summed E-state index contributed by atoms with van der Waals surface area (Å²) in [6.07, 6.45) is 1.67. The molecule has 1 atom stereocenters. The van der Waals surface area contributed by atoms with E-state index in [1.165, 1.54) is 12.8 Å². The number of nitrogens with one attached hydrogen (secondary N) is 2. The molecule has 0 saturated carbocycles. The van der Waals surface area contributed by atoms with Crippen LogP contribution < -0.4 is 15.5 Å². The van der Waals surface area contributed by atoms with Crippen molar-refractivity contribution in [1.82, 2.24) is 9.97 Å². The van der Waals surface area contributed by atoms with Crippen LogP contribution in [0.3, 0.4) is 0 Å². The molecule has 1 aliphatic rings. The van der Waals surface area contributed by atoms with E-state index in [9.17, 15) is 5.11 Å². The number of nitrogens with zero attached hydrogens (tertiary/aromatic N) is 3. The summed E-state index contributed by atoms with van der Waals surface area (Å²) in [4.78, 5) is 11.3. The molecule has 3 rings (SSSR count). The van der Waals surface area contributed by atoms with E-state index in [-0.39, 0.29) is 6.61 Å². The summed E-state index contributed by atoms with van der Waals surface area (Å²) in [5, 5.41) is 24.6. The first-order valence-corrected chi connectivity index (χ1v) is 8.64. The normalized spacial score (nSPS) is 15.2. The standard InChI is InChI=1S/C18H25N5O2/c1-13-20-17(10-18(21-13)23-8-2-3-9-23)22-15-6-4-14(5-7-15)19-11-16(25)12-24/h4-7,10,16,19,24-25H,2-3,8-9,11-12H2,1H3,(H,20,21,22). The van der Waals surface area contributed by atoms with E-state index in [4.69, 9.17) is 5.11 Å². The summed E-state index contributed by atoms with van der Waals surface area (Å²) >= 11 is 0. The van der Waals surface area contributed by atoms with E-state index >= 15 is 0 Å². The van der Waals surface area contributed by atoms with Crippen LogP contribution in [0.15, 0.2) is 30.3 Å². The van der Waals surface area contributed by atoms with Crippen LogP contribution in [0.2, 0.25) is 0 Å². The average Bonchev–Trinajstić information content (AvgIpc) is 3.15. The van der Waals surface area contributed by atoms with Gasteiger partial charge in [-0.25, -0.2) is 9.97 Å². The van der Waals surface area contributed by atoms with Gasteiger partial charge in [0.2, 0.25) is 0 Å². The van der Waals surface area contributed by atoms with Gasteiger partial charge in [0.05, 0.1) is 12.7 Å². The first-order valence-electron chi connectivity index (χ1n) is 8.64. The quantitative estimate of drug-likeness (QED) is 0.610. The maximum absolute atomic E-state index is 9.37. The minimum atomic E-state index is -0.759. The van der Waals surface area contributed by atoms with Gasteiger partial charge in [0.15, 0.2) is 0 Å². The third kappa shape index (κ3) is 4.80. The maximum Gasteiger partial charge on any atom is 0.136 e. The van der Waals surface area contributed by atoms with Crippen molar-refractivity contribution in [1.29, 1.82) is 0 Å². The van der Waals surface area contributed by atoms with Crippen LogP contribution in [0, 0.1) is 6.92 Å². The zero-order chi connectivity index (χ0) is 17.6. The predicted molar refractivity (Wildman–Crippen MR) is 99.5 cm³/mol. The van der Waals surface area contributed by atoms with Gasteiger partial charge in [0, 0.05) is 37.1 Å². The van der Waals surface area contributed by atoms with Gasteiger partial charge in [-0.15, -0.1) is 0 Å². The highest BCUT2D eigenvalue weighted by Gasteiger charge is 2.15. The highest BCUT2D eigenvalue weighted by Crippen LogP contribution is 2.23. The molecule has 2 aromatic rings. The molecule has 0 aliphatic carbocycles. The Morgan fingerprint density at radius 3 is 2.48 bits per heavy atom. The second-order valence-corrected chi connectivity index (χ2v) is 6.27. The van der Waals surface area contributed by atoms with Gasteiger partial charge in [-0.1, -0.05) is 0 Å². The molecule has 1 aromatic carbocycles. The molecule has 0 bridgehead atoms. The fraction of sp³-hybridized carbons (Fsp3) is 0.444. The third-order valence-corrected chi connectivity index (χ3v) is 4.16. The maximum atomic E-state index is 9.37. The Balaban J connectivity index is 1.65. The predicted octanol–water partition coefficient (Wildman–Crippen LogP) is 1.89. The SMILES string of the molecule is Cc1nc(Nc2ccc(NCC(O)CO)cc2)cc(N2CCCC2)n1. The van der Waals surface area contributed by atoms with Gasteiger partial charge in [-0.05, 0) is 44.0 Å². The minimum Gasteiger partial charge on any atom is -0.394 e. The fourth-order valence-electron chi connectivity index (χ4n) is 2.84. The van der Waals surface area contributed by atoms with Gasteiger partial charge < -0.3 is 25.7 Å². The number of hydrogen-bond donors (Lipinski definition) is 4. The summed E-state index contributed by atoms with van der Waals surface area (Å²) < 4.78 is 0. The molecule has 1 unspecified atom stereocenters. The van der Waals surface area contributed by atoms with Crippen LogP contribution in [0.4, 0.5) is 23.0 Å². The molecule has 4 N–H and O–H groups in total. The Bertz CT molecular complexity index is 686. The molecule has 134 valence electrons. The van der Waals surface area contributed by atoms with Crippen molar-refractivity contribution in [2.75, 3.05) is 41.8 Å². The lowest BCUT2D eigenvalue weighted by Crippen LogP contribution is -2.22. The molecule has 1 saturated heterocycles. The smallest absolute Gasteiger partial charge is 0.136 e. The molecule has 0 radical (unpaired) electrons. The fourth-order valence-corrected chi connectivity index (χ4v) is 2.84. The van der Waals surface area contributed by atoms with Gasteiger partial charge in [-0.2, -0.15) is 0 Å². The second-order valence-electron chi connectivity index (χ2n) is 6.27. The number of aromatic nitrogens is 2. The molecule has 2 heterocycles. The van der Waals surface area contributed by atoms with Gasteiger partial charge in [-0.3, -0.25) is 0 Å². The Kier molecular flexibility index (Phi) is 5.67. The van der Waals surface area contributed by atoms with Crippen molar-refractivity contribution in [3.05, 3.63) is 36.2 Å². The molecule has 1 fully saturated rings. The van der Waals surface area contributed by atoms with Crippen LogP contribution >= 0.6 is 0 Å². The van der Waals surface area contributed by atoms with Gasteiger partial charge in [0.1, 0.15) is 17.5 Å². The summed E-state index contributed by atoms with van der Waals surface area (Å²) in [6.45, 7) is 4.07. The number of benzene rings is 1. The lowest BCUT2D eigenvalue weighted by Gasteiger charge is -2.18. The van der Waals surface area contributed by atoms with Crippen molar-refractivity contribution >= 4 is 23.0 Å². The Morgan fingerprint density at radius 1 is 1.12 bits per heavy atom. The van der Waals surface area contributed by atoms with Gasteiger partial charge >= 0.3 is 0 Å². The van der Waals surface area contributed by atoms with E-state index < -0.39 is 6.10 Å². The number of hydrogen-bond acceptors (Lipinski definition) is 7. The molecule has 25 heavy (non-hydrogen) atoms. The summed E-state index contributed by atoms with van der Waals surface area (Å²) in [5.74, 6) is 2.51. The number of aliphatic hydroxyl groups is 2. The third-order valence-electron chi connectivity index (χ3n) is 4.16. The first kappa shape index (κ1) is 17.4. The second kappa shape index (κ2) is 8.13. The highest BCUT2D eigenvalue weighted by molar-refractivity contribution is 5.62. The van der Waals surface area contributed by atoms with Crippen LogP contribution in [-0.2, 0) is 0 Å². The lowest BCUT2D eigenvalue weighted by atomic mass is 10.2. The molecule has 7 heteroatoms. The number of anilines is 4. The number of aryl methyl sites for hydroxylation is 1. The number of rotatable bonds is 7. The van der Waals surface area contributed by atoms with Crippen molar-refractivity contribution < 1.29 is 10.2 Å². The molecular formula is C18H25N5O2. The van der Waals surface area contributed by atoms with Gasteiger partial charge in [0.25, 0.3) is 0 Å². The largest absolute Gasteiger partial charge is 0.394 e. The van der Waals surface area contributed by atoms with E-state index in [1.807, 2.05) is 37.3 Å². The topological polar surface area (TPSA) is 93.5 Å². The molecular weight excluding hydrogens is 318 g/mol. The van der Waals surface area contributed by atoms with Crippen LogP contribution in [0.1, 0.15) is 18.7 Å². The zero-order valence-corrected chi connectivity index (χ0v) is 14.4. The molecule has 7 nitrogen and oxygen atoms in total. The van der Waals surface area contributed by atoms with Crippen molar-refractivity contribution in [2.45, 2.75) is 25.9 Å². The van der Waals surface area contributed by atoms with Crippen LogP contribution in [0.25, 0.3) is 0 Å². The first-order chi connectivity index (χ1) is 12.1. The molecule has 1 aliphatic heterocycles. The van der Waals surface area contributed by atoms with Crippen molar-refractivity contribution in [2.24, 2.45) is 0 Å². The highest BCUT2D eigenvalue weighted by atomic mass is 16.3. The zero-order valence-electron chi connectivity index (χ0n) is 14.4. The number of aliphatic hydroxyl groups excluding tert-OH is 2. The van der Waals surface area contributed by atoms with Crippen LogP contribution in [-0.4, -0.2) is 52.5 Å². The lowest BCUT2D eigenvalue weighted by molar-refractivity contribution is 0.105. The summed E-state index contributed by atoms with van der Waals surface area (Å²) in [7, 11) is 0. The minimum absolute atomic E-state index is 0.251. The van der Waals surface area contributed by atoms with E-state index in [2.05, 4.69) is 25.5 Å². The molecule has 1 aromatic heterocycles. The summed E-state index contributed by atoms with van der Waals surface area (Å²) in [5.41, 5.74) is 1.81. The summed E-state index contributed by atoms with van der Waals surface area (Å²) in [6, 6.07) is 9.72. The molecule has 0 spiro atoms. The Hall–Kier alpha value is -2.38. The monoisotopic (exact) mass is 343 g/mol. The van der Waals surface area contributed by atoms with Crippen molar-refractivity contribution in [3.63, 3.8) is 0 Å². The van der Waals surface area contributed by atoms with Crippen molar-refractivity contribution in [3.8, 4) is 0 Å². The van der Waals surface area contributed by atoms with Crippen LogP contribution in [0.5, 0.6) is 0 Å². The Labute approximate surface area is 147 Å². The Morgan fingerprint density at radius 2 is 1.80 bits per heavy atom. The van der Waals surface area contributed by atoms with E-state index in [0.717, 1.165) is 41.9 Å². The van der Waals surface area contributed by atoms with E-state index in [0.29, 0.717) is 6.54 Å².